The van der Waals surface area contributed by atoms with E-state index in [1.165, 1.54) is 6.07 Å². The van der Waals surface area contributed by atoms with Gasteiger partial charge in [-0.15, -0.1) is 0 Å². The van der Waals surface area contributed by atoms with E-state index in [1.807, 2.05) is 4.90 Å². The van der Waals surface area contributed by atoms with Gasteiger partial charge in [-0.25, -0.2) is 4.39 Å². The van der Waals surface area contributed by atoms with Gasteiger partial charge in [0, 0.05) is 23.0 Å². The van der Waals surface area contributed by atoms with Crippen molar-refractivity contribution in [2.45, 2.75) is 29.9 Å². The van der Waals surface area contributed by atoms with Gasteiger partial charge in [-0.3, -0.25) is 14.5 Å². The summed E-state index contributed by atoms with van der Waals surface area (Å²) in [5.41, 5.74) is 1.13. The summed E-state index contributed by atoms with van der Waals surface area (Å²) in [7, 11) is 0. The second-order valence-electron chi connectivity index (χ2n) is 7.63. The number of halogens is 3. The van der Waals surface area contributed by atoms with Crippen LogP contribution in [0.25, 0.3) is 0 Å². The Kier molecular flexibility index (Phi) is 8.99. The number of amides is 2. The molecule has 1 saturated heterocycles. The van der Waals surface area contributed by atoms with Gasteiger partial charge in [0.25, 0.3) is 5.76 Å². The lowest BCUT2D eigenvalue weighted by molar-refractivity contribution is -0.126. The zero-order chi connectivity index (χ0) is 22.9. The van der Waals surface area contributed by atoms with Crippen LogP contribution < -0.4 is 10.6 Å². The van der Waals surface area contributed by atoms with E-state index in [1.54, 1.807) is 42.5 Å². The van der Waals surface area contributed by atoms with Crippen LogP contribution in [0.1, 0.15) is 18.4 Å². The molecule has 2 amide bonds. The molecule has 0 saturated carbocycles. The molecule has 1 heterocycles. The molecule has 9 heteroatoms. The van der Waals surface area contributed by atoms with E-state index in [4.69, 9.17) is 0 Å². The number of rotatable bonds is 9. The van der Waals surface area contributed by atoms with Crippen molar-refractivity contribution in [2.24, 2.45) is 5.92 Å². The van der Waals surface area contributed by atoms with Crippen LogP contribution in [0.3, 0.4) is 0 Å². The first-order valence-electron chi connectivity index (χ1n) is 10.5. The number of carbonyl (C=O) groups excluding carboxylic acids is 2. The van der Waals surface area contributed by atoms with E-state index in [0.29, 0.717) is 66.8 Å². The van der Waals surface area contributed by atoms with Crippen molar-refractivity contribution in [1.82, 2.24) is 10.2 Å². The number of likely N-dealkylation sites (tertiary alicyclic amines) is 1. The highest BCUT2D eigenvalue weighted by Crippen LogP contribution is 2.26. The topological polar surface area (TPSA) is 61.4 Å². The summed E-state index contributed by atoms with van der Waals surface area (Å²) in [4.78, 5) is 27.1. The summed E-state index contributed by atoms with van der Waals surface area (Å²) in [5.74, 6) is -3.09. The molecule has 0 atom stereocenters. The van der Waals surface area contributed by atoms with E-state index < -0.39 is 5.76 Å². The summed E-state index contributed by atoms with van der Waals surface area (Å²) in [6, 6.07) is 12.8. The highest BCUT2D eigenvalue weighted by Gasteiger charge is 2.25. The van der Waals surface area contributed by atoms with Crippen molar-refractivity contribution in [3.63, 3.8) is 0 Å². The highest BCUT2D eigenvalue weighted by atomic mass is 32.2. The molecule has 0 spiro atoms. The third-order valence-corrected chi connectivity index (χ3v) is 6.06. The number of anilines is 1. The van der Waals surface area contributed by atoms with Crippen LogP contribution in [0.15, 0.2) is 53.4 Å². The molecule has 0 unspecified atom stereocenters. The Morgan fingerprint density at radius 1 is 1.06 bits per heavy atom. The summed E-state index contributed by atoms with van der Waals surface area (Å²) >= 11 is 0.458. The molecular weight excluding hydrogens is 439 g/mol. The van der Waals surface area contributed by atoms with Crippen LogP contribution >= 0.6 is 11.8 Å². The summed E-state index contributed by atoms with van der Waals surface area (Å²) in [6.45, 7) is 1.84. The number of nitrogens with one attached hydrogen (secondary N) is 2. The molecule has 2 aromatic rings. The number of thioether (sulfide) groups is 1. The average Bonchev–Trinajstić information content (AvgIpc) is 2.76. The van der Waals surface area contributed by atoms with Crippen LogP contribution in [0.4, 0.5) is 18.9 Å². The van der Waals surface area contributed by atoms with Gasteiger partial charge in [-0.05, 0) is 68.2 Å². The summed E-state index contributed by atoms with van der Waals surface area (Å²) in [5, 5.41) is 5.65. The largest absolute Gasteiger partial charge is 0.356 e. The first-order chi connectivity index (χ1) is 15.4. The third kappa shape index (κ3) is 7.56. The zero-order valence-corrected chi connectivity index (χ0v) is 18.3. The molecule has 0 aromatic heterocycles. The first-order valence-corrected chi connectivity index (χ1v) is 11.4. The molecule has 1 aliphatic heterocycles. The van der Waals surface area contributed by atoms with Gasteiger partial charge >= 0.3 is 0 Å². The Morgan fingerprint density at radius 2 is 1.75 bits per heavy atom. The first kappa shape index (κ1) is 24.1. The Labute approximate surface area is 189 Å². The van der Waals surface area contributed by atoms with E-state index in [9.17, 15) is 22.8 Å². The number of carbonyl (C=O) groups is 2. The molecule has 1 aliphatic rings. The van der Waals surface area contributed by atoms with Gasteiger partial charge < -0.3 is 10.6 Å². The second-order valence-corrected chi connectivity index (χ2v) is 8.70. The Hall–Kier alpha value is -2.52. The minimum Gasteiger partial charge on any atom is -0.356 e. The molecule has 0 aliphatic carbocycles. The monoisotopic (exact) mass is 465 g/mol. The molecule has 172 valence electrons. The SMILES string of the molecule is O=C(CN1CCC(C(=O)NCCc2ccccc2F)CC1)Nc1ccc(SC(F)F)cc1. The van der Waals surface area contributed by atoms with Crippen molar-refractivity contribution in [1.29, 1.82) is 0 Å². The fraction of sp³-hybridized carbons (Fsp3) is 0.391. The zero-order valence-electron chi connectivity index (χ0n) is 17.5. The molecule has 2 N–H and O–H groups in total. The smallest absolute Gasteiger partial charge is 0.288 e. The maximum atomic E-state index is 13.6. The van der Waals surface area contributed by atoms with E-state index in [0.717, 1.165) is 0 Å². The standard InChI is InChI=1S/C23H26F3N3O2S/c24-20-4-2-1-3-16(20)9-12-27-22(31)17-10-13-29(14-11-17)15-21(30)28-18-5-7-19(8-6-18)32-23(25)26/h1-8,17,23H,9-15H2,(H,27,31)(H,28,30). The number of piperidine rings is 1. The van der Waals surface area contributed by atoms with Gasteiger partial charge in [-0.1, -0.05) is 30.0 Å². The molecule has 2 aromatic carbocycles. The van der Waals surface area contributed by atoms with Gasteiger partial charge in [0.15, 0.2) is 0 Å². The van der Waals surface area contributed by atoms with E-state index in [-0.39, 0.29) is 30.1 Å². The van der Waals surface area contributed by atoms with Crippen LogP contribution in [-0.2, 0) is 16.0 Å². The molecular formula is C23H26F3N3O2S. The molecule has 32 heavy (non-hydrogen) atoms. The second kappa shape index (κ2) is 11.9. The van der Waals surface area contributed by atoms with Crippen molar-refractivity contribution in [3.8, 4) is 0 Å². The maximum absolute atomic E-state index is 13.6. The number of hydrogen-bond acceptors (Lipinski definition) is 4. The molecule has 5 nitrogen and oxygen atoms in total. The van der Waals surface area contributed by atoms with E-state index in [2.05, 4.69) is 10.6 Å². The summed E-state index contributed by atoms with van der Waals surface area (Å²) in [6.07, 6.45) is 1.75. The minimum absolute atomic E-state index is 0.0350. The van der Waals surface area contributed by atoms with Crippen LogP contribution in [0, 0.1) is 11.7 Å². The lowest BCUT2D eigenvalue weighted by atomic mass is 9.96. The average molecular weight is 466 g/mol. The maximum Gasteiger partial charge on any atom is 0.288 e. The molecule has 3 rings (SSSR count). The van der Waals surface area contributed by atoms with Crippen LogP contribution in [-0.4, -0.2) is 48.7 Å². The molecule has 0 bridgehead atoms. The highest BCUT2D eigenvalue weighted by molar-refractivity contribution is 7.99. The van der Waals surface area contributed by atoms with E-state index >= 15 is 0 Å². The Morgan fingerprint density at radius 3 is 2.41 bits per heavy atom. The van der Waals surface area contributed by atoms with Gasteiger partial charge in [0.05, 0.1) is 6.54 Å². The fourth-order valence-electron chi connectivity index (χ4n) is 3.64. The van der Waals surface area contributed by atoms with Gasteiger partial charge in [0.2, 0.25) is 11.8 Å². The summed E-state index contributed by atoms with van der Waals surface area (Å²) < 4.78 is 38.4. The fourth-order valence-corrected chi connectivity index (χ4v) is 4.14. The Bertz CT molecular complexity index is 904. The van der Waals surface area contributed by atoms with Crippen molar-refractivity contribution < 1.29 is 22.8 Å². The normalized spacial score (nSPS) is 15.0. The predicted octanol–water partition coefficient (Wildman–Crippen LogP) is 4.15. The number of hydrogen-bond donors (Lipinski definition) is 2. The van der Waals surface area contributed by atoms with Gasteiger partial charge in [-0.2, -0.15) is 8.78 Å². The lowest BCUT2D eigenvalue weighted by Gasteiger charge is -2.30. The lowest BCUT2D eigenvalue weighted by Crippen LogP contribution is -2.43. The van der Waals surface area contributed by atoms with Gasteiger partial charge in [0.1, 0.15) is 5.82 Å². The van der Waals surface area contributed by atoms with Crippen molar-refractivity contribution in [2.75, 3.05) is 31.5 Å². The minimum atomic E-state index is -2.48. The predicted molar refractivity (Wildman–Crippen MR) is 119 cm³/mol. The van der Waals surface area contributed by atoms with Crippen LogP contribution in [0.5, 0.6) is 0 Å². The van der Waals surface area contributed by atoms with Crippen molar-refractivity contribution >= 4 is 29.3 Å². The number of benzene rings is 2. The number of nitrogens with zero attached hydrogens (tertiary/aromatic N) is 1. The van der Waals surface area contributed by atoms with Crippen molar-refractivity contribution in [3.05, 3.63) is 59.9 Å². The third-order valence-electron chi connectivity index (χ3n) is 5.34. The quantitative estimate of drug-likeness (QED) is 0.547. The number of alkyl halides is 2. The Balaban J connectivity index is 1.35. The van der Waals surface area contributed by atoms with Crippen LogP contribution in [0.2, 0.25) is 0 Å². The molecule has 0 radical (unpaired) electrons. The molecule has 1 fully saturated rings.